The molecule has 0 radical (unpaired) electrons. The van der Waals surface area contributed by atoms with E-state index in [2.05, 4.69) is 31.5 Å². The molecule has 1 aromatic carbocycles. The van der Waals surface area contributed by atoms with Crippen LogP contribution in [0.3, 0.4) is 0 Å². The minimum absolute atomic E-state index is 0.00346. The van der Waals surface area contributed by atoms with E-state index in [0.29, 0.717) is 38.1 Å². The van der Waals surface area contributed by atoms with Crippen LogP contribution in [-0.4, -0.2) is 65.6 Å². The van der Waals surface area contributed by atoms with Gasteiger partial charge in [0.1, 0.15) is 17.6 Å². The number of cyclic esters (lactones) is 1. The lowest BCUT2D eigenvalue weighted by Crippen LogP contribution is -2.54. The number of para-hydroxylation sites is 1. The average molecular weight is 706 g/mol. The summed E-state index contributed by atoms with van der Waals surface area (Å²) >= 11 is 0. The number of hydrogen-bond donors (Lipinski definition) is 0. The zero-order chi connectivity index (χ0) is 37.5. The molecule has 9 nitrogen and oxygen atoms in total. The third kappa shape index (κ3) is 9.93. The zero-order valence-electron chi connectivity index (χ0n) is 32.1. The van der Waals surface area contributed by atoms with Crippen molar-refractivity contribution in [3.63, 3.8) is 0 Å². The number of carbonyl (C=O) groups is 3. The molecule has 0 N–H and O–H groups in total. The maximum atomic E-state index is 14.3. The fourth-order valence-corrected chi connectivity index (χ4v) is 8.13. The van der Waals surface area contributed by atoms with Gasteiger partial charge in [0, 0.05) is 23.9 Å². The number of allylic oxidation sites excluding steroid dienone is 1. The average Bonchev–Trinajstić information content (AvgIpc) is 3.09. The Labute approximate surface area is 304 Å². The predicted octanol–water partition coefficient (Wildman–Crippen LogP) is 8.29. The van der Waals surface area contributed by atoms with Crippen LogP contribution >= 0.6 is 0 Å². The number of esters is 1. The molecular formula is C42H59NO8. The van der Waals surface area contributed by atoms with Gasteiger partial charge < -0.3 is 23.7 Å². The molecule has 2 fully saturated rings. The summed E-state index contributed by atoms with van der Waals surface area (Å²) in [6.45, 7) is 22.5. The maximum absolute atomic E-state index is 14.3. The van der Waals surface area contributed by atoms with E-state index in [4.69, 9.17) is 23.7 Å². The van der Waals surface area contributed by atoms with Crippen molar-refractivity contribution in [3.8, 4) is 0 Å². The molecule has 0 aliphatic carbocycles. The Bertz CT molecular complexity index is 1550. The summed E-state index contributed by atoms with van der Waals surface area (Å²) in [6.07, 6.45) is 6.54. The molecule has 9 heteroatoms. The number of hydrogen-bond acceptors (Lipinski definition) is 9. The summed E-state index contributed by atoms with van der Waals surface area (Å²) in [6, 6.07) is 10.0. The van der Waals surface area contributed by atoms with Crippen molar-refractivity contribution in [2.45, 2.75) is 130 Å². The Balaban J connectivity index is 1.73. The van der Waals surface area contributed by atoms with E-state index >= 15 is 0 Å². The highest BCUT2D eigenvalue weighted by molar-refractivity contribution is 6.00. The number of aromatic nitrogens is 1. The van der Waals surface area contributed by atoms with Crippen molar-refractivity contribution in [3.05, 3.63) is 60.3 Å². The molecule has 2 saturated heterocycles. The fraction of sp³-hybridized carbons (Fsp3) is 0.619. The molecule has 1 aromatic heterocycles. The normalized spacial score (nSPS) is 36.1. The van der Waals surface area contributed by atoms with Crippen molar-refractivity contribution in [2.24, 2.45) is 29.6 Å². The number of pyridine rings is 1. The summed E-state index contributed by atoms with van der Waals surface area (Å²) in [7, 11) is 0. The minimum atomic E-state index is -1.12. The van der Waals surface area contributed by atoms with E-state index in [0.717, 1.165) is 28.5 Å². The van der Waals surface area contributed by atoms with Crippen LogP contribution < -0.4 is 0 Å². The molecule has 0 amide bonds. The van der Waals surface area contributed by atoms with Crippen LogP contribution in [0.4, 0.5) is 0 Å². The van der Waals surface area contributed by atoms with Crippen molar-refractivity contribution in [1.29, 1.82) is 0 Å². The Morgan fingerprint density at radius 1 is 1.00 bits per heavy atom. The molecule has 2 aromatic rings. The third-order valence-electron chi connectivity index (χ3n) is 11.0. The summed E-state index contributed by atoms with van der Waals surface area (Å²) in [5.74, 6) is -2.66. The van der Waals surface area contributed by atoms with Gasteiger partial charge in [0.2, 0.25) is 0 Å². The van der Waals surface area contributed by atoms with E-state index in [1.54, 1.807) is 20.8 Å². The van der Waals surface area contributed by atoms with Gasteiger partial charge in [0.15, 0.2) is 12.1 Å². The second-order valence-electron chi connectivity index (χ2n) is 15.6. The molecule has 11 atom stereocenters. The molecule has 1 unspecified atom stereocenters. The summed E-state index contributed by atoms with van der Waals surface area (Å²) in [4.78, 5) is 44.2. The maximum Gasteiger partial charge on any atom is 0.316 e. The van der Waals surface area contributed by atoms with E-state index in [9.17, 15) is 14.4 Å². The van der Waals surface area contributed by atoms with Crippen LogP contribution in [0.1, 0.15) is 100.0 Å². The van der Waals surface area contributed by atoms with Gasteiger partial charge >= 0.3 is 5.97 Å². The topological polar surface area (TPSA) is 110 Å². The van der Waals surface area contributed by atoms with Gasteiger partial charge in [-0.25, -0.2) is 0 Å². The lowest BCUT2D eigenvalue weighted by Gasteiger charge is -2.45. The quantitative estimate of drug-likeness (QED) is 0.110. The number of ketones is 1. The van der Waals surface area contributed by atoms with Gasteiger partial charge in [-0.1, -0.05) is 77.1 Å². The van der Waals surface area contributed by atoms with Crippen molar-refractivity contribution >= 4 is 35.2 Å². The molecule has 0 spiro atoms. The molecule has 4 rings (SSSR count). The van der Waals surface area contributed by atoms with E-state index in [1.165, 1.54) is 0 Å². The van der Waals surface area contributed by atoms with Crippen LogP contribution in [-0.2, 0) is 38.1 Å². The first-order chi connectivity index (χ1) is 24.1. The monoisotopic (exact) mass is 705 g/mol. The van der Waals surface area contributed by atoms with Crippen LogP contribution in [0.5, 0.6) is 0 Å². The highest BCUT2D eigenvalue weighted by Crippen LogP contribution is 2.41. The predicted molar refractivity (Wildman–Crippen MR) is 199 cm³/mol. The number of rotatable bonds is 9. The lowest BCUT2D eigenvalue weighted by atomic mass is 9.74. The molecule has 280 valence electrons. The number of Topliss-reactive ketones (excluding diaryl/α,β-unsaturated/α-hetero) is 1. The summed E-state index contributed by atoms with van der Waals surface area (Å²) < 4.78 is 31.6. The minimum Gasteiger partial charge on any atom is -0.458 e. The first-order valence-corrected chi connectivity index (χ1v) is 18.6. The van der Waals surface area contributed by atoms with Crippen LogP contribution in [0.2, 0.25) is 0 Å². The van der Waals surface area contributed by atoms with E-state index in [1.807, 2.05) is 70.3 Å². The Morgan fingerprint density at radius 2 is 1.69 bits per heavy atom. The number of benzene rings is 1. The van der Waals surface area contributed by atoms with Crippen LogP contribution in [0, 0.1) is 29.6 Å². The molecule has 2 aliphatic heterocycles. The van der Waals surface area contributed by atoms with E-state index in [-0.39, 0.29) is 30.3 Å². The van der Waals surface area contributed by atoms with Gasteiger partial charge in [-0.05, 0) is 88.8 Å². The van der Waals surface area contributed by atoms with Crippen molar-refractivity contribution in [1.82, 2.24) is 4.98 Å². The SMILES string of the molecule is C=C1[C@H](C)C[C@@](C)(OC/C=C/c2cnc3ccccc3c2)C(O[C@H]2C[C@@H](C)C[C@@H](C)O2)[C@@H](C)C(=O)[C@@H](C)C(=O)O[C@H](CC)[C@@](C)(OC=O)C[C@H]1C. The van der Waals surface area contributed by atoms with Crippen LogP contribution in [0.15, 0.2) is 54.8 Å². The Kier molecular flexibility index (Phi) is 13.8. The second kappa shape index (κ2) is 17.4. The summed E-state index contributed by atoms with van der Waals surface area (Å²) in [5.41, 5.74) is 0.668. The molecule has 2 aliphatic rings. The van der Waals surface area contributed by atoms with E-state index < -0.39 is 47.5 Å². The molecule has 3 heterocycles. The van der Waals surface area contributed by atoms with Gasteiger partial charge in [-0.15, -0.1) is 0 Å². The van der Waals surface area contributed by atoms with Gasteiger partial charge in [0.05, 0.1) is 29.9 Å². The molecular weight excluding hydrogens is 646 g/mol. The Morgan fingerprint density at radius 3 is 2.35 bits per heavy atom. The number of carbonyl (C=O) groups excluding carboxylic acids is 3. The second-order valence-corrected chi connectivity index (χ2v) is 15.6. The zero-order valence-corrected chi connectivity index (χ0v) is 32.1. The lowest BCUT2D eigenvalue weighted by molar-refractivity contribution is -0.264. The van der Waals surface area contributed by atoms with Crippen molar-refractivity contribution < 1.29 is 38.1 Å². The van der Waals surface area contributed by atoms with Gasteiger partial charge in [-0.2, -0.15) is 0 Å². The highest BCUT2D eigenvalue weighted by Gasteiger charge is 2.49. The van der Waals surface area contributed by atoms with Gasteiger partial charge in [-0.3, -0.25) is 19.4 Å². The summed E-state index contributed by atoms with van der Waals surface area (Å²) in [5, 5.41) is 1.05. The number of fused-ring (bicyclic) bond motifs is 1. The first-order valence-electron chi connectivity index (χ1n) is 18.6. The molecule has 0 saturated carbocycles. The first kappa shape index (κ1) is 40.4. The number of nitrogens with zero attached hydrogens (tertiary/aromatic N) is 1. The molecule has 51 heavy (non-hydrogen) atoms. The van der Waals surface area contributed by atoms with Crippen molar-refractivity contribution in [2.75, 3.05) is 6.61 Å². The highest BCUT2D eigenvalue weighted by atomic mass is 16.7. The Hall–Kier alpha value is -3.40. The van der Waals surface area contributed by atoms with Crippen LogP contribution in [0.25, 0.3) is 17.0 Å². The van der Waals surface area contributed by atoms with Gasteiger partial charge in [0.25, 0.3) is 6.47 Å². The molecule has 0 bridgehead atoms. The largest absolute Gasteiger partial charge is 0.458 e. The number of ether oxygens (including phenoxy) is 5. The standard InChI is InChI=1S/C42H59NO8/c1-11-36-41(9,48-25-44)22-27(3)30(6)28(4)23-42(10,47-18-14-15-33-21-34-16-12-13-17-35(34)43-24-33)39(31(7)38(45)32(8)40(46)50-36)51-37-20-26(2)19-29(5)49-37/h12-17,21,24-29,31-32,36-37,39H,6,11,18-20,22-23H2,1-5,7-10H3/b15-14+/t26-,27+,28+,29+,31-,32+,36+,37-,39?,41-,42+/m0/s1. The fourth-order valence-electron chi connectivity index (χ4n) is 8.13. The smallest absolute Gasteiger partial charge is 0.316 e. The third-order valence-corrected chi connectivity index (χ3v) is 11.0.